The van der Waals surface area contributed by atoms with Gasteiger partial charge in [0.1, 0.15) is 5.82 Å². The molecule has 3 saturated heterocycles. The van der Waals surface area contributed by atoms with Crippen LogP contribution in [0.25, 0.3) is 0 Å². The predicted octanol–water partition coefficient (Wildman–Crippen LogP) is 2.61. The van der Waals surface area contributed by atoms with Crippen LogP contribution in [0, 0.1) is 18.3 Å². The molecule has 0 bridgehead atoms. The Kier molecular flexibility index (Phi) is 6.06. The van der Waals surface area contributed by atoms with Crippen molar-refractivity contribution >= 4 is 17.6 Å². The van der Waals surface area contributed by atoms with Crippen molar-refractivity contribution in [3.63, 3.8) is 0 Å². The van der Waals surface area contributed by atoms with Crippen LogP contribution in [0.4, 0.5) is 5.82 Å². The van der Waals surface area contributed by atoms with Crippen LogP contribution >= 0.6 is 0 Å². The molecule has 0 radical (unpaired) electrons. The van der Waals surface area contributed by atoms with Crippen LogP contribution in [0.1, 0.15) is 28.8 Å². The van der Waals surface area contributed by atoms with E-state index in [1.165, 1.54) is 0 Å². The number of ether oxygens (including phenoxy) is 1. The van der Waals surface area contributed by atoms with Gasteiger partial charge in [-0.05, 0) is 44.0 Å². The lowest BCUT2D eigenvalue weighted by atomic mass is 9.73. The smallest absolute Gasteiger partial charge is 0.253 e. The standard InChI is InChI=1S/C26H32N4O3/c1-20-6-8-21(9-7-20)24(31)29-12-4-10-26(25(32)28-13-15-33-16-14-28)19-30(18-22(26)17-29)23-5-2-3-11-27-23/h2-3,5-9,11,22H,4,10,12-19H2,1H3/t22-,26-/m0/s1. The van der Waals surface area contributed by atoms with Gasteiger partial charge in [0.05, 0.1) is 18.6 Å². The maximum absolute atomic E-state index is 14.0. The van der Waals surface area contributed by atoms with E-state index >= 15 is 0 Å². The van der Waals surface area contributed by atoms with Crippen molar-refractivity contribution in [3.05, 3.63) is 59.8 Å². The first kappa shape index (κ1) is 21.9. The van der Waals surface area contributed by atoms with Gasteiger partial charge in [-0.3, -0.25) is 9.59 Å². The highest BCUT2D eigenvalue weighted by Crippen LogP contribution is 2.45. The second-order valence-electron chi connectivity index (χ2n) is 9.55. The van der Waals surface area contributed by atoms with E-state index in [0.717, 1.165) is 30.8 Å². The summed E-state index contributed by atoms with van der Waals surface area (Å²) in [5.74, 6) is 1.24. The number of hydrogen-bond acceptors (Lipinski definition) is 5. The van der Waals surface area contributed by atoms with Crippen molar-refractivity contribution in [1.82, 2.24) is 14.8 Å². The minimum atomic E-state index is -0.503. The molecular weight excluding hydrogens is 416 g/mol. The third-order valence-corrected chi connectivity index (χ3v) is 7.47. The van der Waals surface area contributed by atoms with Crippen LogP contribution in [0.3, 0.4) is 0 Å². The fourth-order valence-electron chi connectivity index (χ4n) is 5.64. The molecule has 174 valence electrons. The SMILES string of the molecule is Cc1ccc(C(=O)N2CCC[C@]3(C(=O)N4CCOCC4)CN(c4ccccn4)C[C@@H]3C2)cc1. The largest absolute Gasteiger partial charge is 0.378 e. The Morgan fingerprint density at radius 1 is 1.00 bits per heavy atom. The van der Waals surface area contributed by atoms with Gasteiger partial charge in [0.2, 0.25) is 5.91 Å². The van der Waals surface area contributed by atoms with E-state index in [1.54, 1.807) is 6.20 Å². The molecule has 1 aromatic heterocycles. The summed E-state index contributed by atoms with van der Waals surface area (Å²) in [7, 11) is 0. The van der Waals surface area contributed by atoms with E-state index in [9.17, 15) is 9.59 Å². The molecule has 5 rings (SSSR count). The Morgan fingerprint density at radius 3 is 2.52 bits per heavy atom. The molecule has 3 aliphatic rings. The molecule has 0 spiro atoms. The number of carbonyl (C=O) groups excluding carboxylic acids is 2. The summed E-state index contributed by atoms with van der Waals surface area (Å²) in [6.07, 6.45) is 3.41. The molecule has 3 aliphatic heterocycles. The van der Waals surface area contributed by atoms with Crippen LogP contribution in [-0.2, 0) is 9.53 Å². The van der Waals surface area contributed by atoms with Crippen LogP contribution < -0.4 is 4.90 Å². The van der Waals surface area contributed by atoms with E-state index < -0.39 is 5.41 Å². The van der Waals surface area contributed by atoms with Crippen molar-refractivity contribution in [3.8, 4) is 0 Å². The minimum Gasteiger partial charge on any atom is -0.378 e. The molecule has 2 atom stereocenters. The number of amides is 2. The molecule has 3 fully saturated rings. The highest BCUT2D eigenvalue weighted by molar-refractivity contribution is 5.94. The number of pyridine rings is 1. The zero-order chi connectivity index (χ0) is 22.8. The summed E-state index contributed by atoms with van der Waals surface area (Å²) < 4.78 is 5.50. The fraction of sp³-hybridized carbons (Fsp3) is 0.500. The monoisotopic (exact) mass is 448 g/mol. The number of morpholine rings is 1. The number of carbonyl (C=O) groups is 2. The van der Waals surface area contributed by atoms with Gasteiger partial charge in [-0.25, -0.2) is 4.98 Å². The number of nitrogens with zero attached hydrogens (tertiary/aromatic N) is 4. The number of benzene rings is 1. The molecule has 0 aliphatic carbocycles. The number of hydrogen-bond donors (Lipinski definition) is 0. The summed E-state index contributed by atoms with van der Waals surface area (Å²) >= 11 is 0. The number of aryl methyl sites for hydroxylation is 1. The summed E-state index contributed by atoms with van der Waals surface area (Å²) in [5, 5.41) is 0. The van der Waals surface area contributed by atoms with Crippen molar-refractivity contribution in [2.75, 3.05) is 57.4 Å². The maximum Gasteiger partial charge on any atom is 0.253 e. The number of fused-ring (bicyclic) bond motifs is 1. The second kappa shape index (κ2) is 9.14. The van der Waals surface area contributed by atoms with Crippen LogP contribution in [0.15, 0.2) is 48.7 Å². The zero-order valence-electron chi connectivity index (χ0n) is 19.3. The molecule has 2 aromatic rings. The maximum atomic E-state index is 14.0. The van der Waals surface area contributed by atoms with Crippen molar-refractivity contribution in [2.45, 2.75) is 19.8 Å². The first-order valence-electron chi connectivity index (χ1n) is 12.0. The van der Waals surface area contributed by atoms with Gasteiger partial charge in [0.15, 0.2) is 0 Å². The van der Waals surface area contributed by atoms with E-state index in [-0.39, 0.29) is 17.7 Å². The quantitative estimate of drug-likeness (QED) is 0.722. The fourth-order valence-corrected chi connectivity index (χ4v) is 5.64. The Labute approximate surface area is 195 Å². The number of rotatable bonds is 3. The van der Waals surface area contributed by atoms with Gasteiger partial charge in [0, 0.05) is 56.9 Å². The predicted molar refractivity (Wildman–Crippen MR) is 126 cm³/mol. The average Bonchev–Trinajstić information content (AvgIpc) is 3.13. The summed E-state index contributed by atoms with van der Waals surface area (Å²) in [5.41, 5.74) is 1.35. The molecule has 0 saturated carbocycles. The molecule has 4 heterocycles. The number of likely N-dealkylation sites (tertiary alicyclic amines) is 1. The Hall–Kier alpha value is -2.93. The normalized spacial score (nSPS) is 25.5. The summed E-state index contributed by atoms with van der Waals surface area (Å²) in [4.78, 5) is 38.1. The lowest BCUT2D eigenvalue weighted by Gasteiger charge is -2.38. The number of aromatic nitrogens is 1. The van der Waals surface area contributed by atoms with Gasteiger partial charge in [-0.1, -0.05) is 23.8 Å². The third-order valence-electron chi connectivity index (χ3n) is 7.47. The Bertz CT molecular complexity index is 990. The van der Waals surface area contributed by atoms with Gasteiger partial charge in [-0.15, -0.1) is 0 Å². The van der Waals surface area contributed by atoms with Crippen LogP contribution in [0.5, 0.6) is 0 Å². The van der Waals surface area contributed by atoms with Crippen molar-refractivity contribution < 1.29 is 14.3 Å². The average molecular weight is 449 g/mol. The first-order chi connectivity index (χ1) is 16.1. The van der Waals surface area contributed by atoms with E-state index in [1.807, 2.05) is 59.2 Å². The van der Waals surface area contributed by atoms with E-state index in [0.29, 0.717) is 51.5 Å². The highest BCUT2D eigenvalue weighted by atomic mass is 16.5. The molecule has 0 N–H and O–H groups in total. The van der Waals surface area contributed by atoms with Crippen LogP contribution in [-0.4, -0.2) is 79.1 Å². The lowest BCUT2D eigenvalue weighted by Crippen LogP contribution is -2.53. The van der Waals surface area contributed by atoms with Crippen molar-refractivity contribution in [2.24, 2.45) is 11.3 Å². The van der Waals surface area contributed by atoms with Gasteiger partial charge in [0.25, 0.3) is 5.91 Å². The van der Waals surface area contributed by atoms with E-state index in [2.05, 4.69) is 9.88 Å². The Morgan fingerprint density at radius 2 is 1.79 bits per heavy atom. The second-order valence-corrected chi connectivity index (χ2v) is 9.55. The van der Waals surface area contributed by atoms with E-state index in [4.69, 9.17) is 4.74 Å². The molecule has 7 heteroatoms. The molecule has 1 aromatic carbocycles. The third kappa shape index (κ3) is 4.22. The van der Waals surface area contributed by atoms with Gasteiger partial charge < -0.3 is 19.4 Å². The topological polar surface area (TPSA) is 66.0 Å². The highest BCUT2D eigenvalue weighted by Gasteiger charge is 2.55. The zero-order valence-corrected chi connectivity index (χ0v) is 19.3. The molecular formula is C26H32N4O3. The first-order valence-corrected chi connectivity index (χ1v) is 12.0. The Balaban J connectivity index is 1.44. The minimum absolute atomic E-state index is 0.0564. The molecule has 0 unspecified atom stereocenters. The molecule has 33 heavy (non-hydrogen) atoms. The summed E-state index contributed by atoms with van der Waals surface area (Å²) in [6.45, 7) is 7.14. The van der Waals surface area contributed by atoms with Crippen molar-refractivity contribution in [1.29, 1.82) is 0 Å². The lowest BCUT2D eigenvalue weighted by molar-refractivity contribution is -0.148. The van der Waals surface area contributed by atoms with Crippen LogP contribution in [0.2, 0.25) is 0 Å². The van der Waals surface area contributed by atoms with Gasteiger partial charge >= 0.3 is 0 Å². The molecule has 2 amide bonds. The van der Waals surface area contributed by atoms with Gasteiger partial charge in [-0.2, -0.15) is 0 Å². The summed E-state index contributed by atoms with van der Waals surface area (Å²) in [6, 6.07) is 13.7. The molecule has 7 nitrogen and oxygen atoms in total. The number of anilines is 1.